The van der Waals surface area contributed by atoms with E-state index in [1.165, 1.54) is 0 Å². The first-order valence-corrected chi connectivity index (χ1v) is 7.23. The van der Waals surface area contributed by atoms with E-state index in [1.54, 1.807) is 16.8 Å². The van der Waals surface area contributed by atoms with Crippen LogP contribution in [-0.2, 0) is 12.9 Å². The number of aryl methyl sites for hydroxylation is 2. The molecule has 0 radical (unpaired) electrons. The molecule has 0 aliphatic heterocycles. The maximum Gasteiger partial charge on any atom is 0.129 e. The lowest BCUT2D eigenvalue weighted by molar-refractivity contribution is 0.756. The molecule has 0 bridgehead atoms. The summed E-state index contributed by atoms with van der Waals surface area (Å²) in [4.78, 5) is 4.51. The van der Waals surface area contributed by atoms with E-state index in [4.69, 9.17) is 34.8 Å². The van der Waals surface area contributed by atoms with E-state index >= 15 is 0 Å². The number of nitrogens with zero attached hydrogens (tertiary/aromatic N) is 4. The highest BCUT2D eigenvalue weighted by molar-refractivity contribution is 6.42. The Morgan fingerprint density at radius 1 is 1.20 bits per heavy atom. The van der Waals surface area contributed by atoms with Crippen molar-refractivity contribution in [2.24, 2.45) is 7.05 Å². The second-order valence-electron chi connectivity index (χ2n) is 4.53. The van der Waals surface area contributed by atoms with Gasteiger partial charge in [0.15, 0.2) is 0 Å². The van der Waals surface area contributed by atoms with E-state index in [0.29, 0.717) is 10.0 Å². The number of hydrogen-bond donors (Lipinski definition) is 0. The van der Waals surface area contributed by atoms with Gasteiger partial charge in [-0.25, -0.2) is 4.98 Å². The molecule has 0 spiro atoms. The first-order chi connectivity index (χ1) is 9.51. The zero-order valence-electron chi connectivity index (χ0n) is 10.9. The standard InChI is InChI=1S/C13H11Cl3N4/c1-7-12(6-19(2)18-7)20-11-4-9(16)8(15)3-10(11)17-13(20)5-14/h3-4,6H,5H2,1-2H3. The summed E-state index contributed by atoms with van der Waals surface area (Å²) in [7, 11) is 1.87. The van der Waals surface area contributed by atoms with Crippen LogP contribution in [0.4, 0.5) is 0 Å². The van der Waals surface area contributed by atoms with Gasteiger partial charge in [0.2, 0.25) is 0 Å². The second-order valence-corrected chi connectivity index (χ2v) is 5.61. The average Bonchev–Trinajstić information content (AvgIpc) is 2.89. The Labute approximate surface area is 130 Å². The fraction of sp³-hybridized carbons (Fsp3) is 0.231. The van der Waals surface area contributed by atoms with Crippen LogP contribution in [0.1, 0.15) is 11.5 Å². The van der Waals surface area contributed by atoms with Gasteiger partial charge in [0, 0.05) is 13.2 Å². The van der Waals surface area contributed by atoms with Crippen LogP contribution in [0.25, 0.3) is 16.7 Å². The third kappa shape index (κ3) is 2.08. The molecule has 4 nitrogen and oxygen atoms in total. The molecule has 20 heavy (non-hydrogen) atoms. The molecule has 1 aromatic carbocycles. The molecular weight excluding hydrogens is 319 g/mol. The number of imidazole rings is 1. The monoisotopic (exact) mass is 328 g/mol. The average molecular weight is 330 g/mol. The molecule has 3 aromatic rings. The van der Waals surface area contributed by atoms with Crippen molar-refractivity contribution in [3.8, 4) is 5.69 Å². The molecule has 0 saturated carbocycles. The van der Waals surface area contributed by atoms with Gasteiger partial charge in [0.25, 0.3) is 0 Å². The summed E-state index contributed by atoms with van der Waals surface area (Å²) in [5.41, 5.74) is 3.46. The van der Waals surface area contributed by atoms with Crippen LogP contribution in [-0.4, -0.2) is 19.3 Å². The molecule has 0 fully saturated rings. The Morgan fingerprint density at radius 3 is 2.50 bits per heavy atom. The Balaban J connectivity index is 2.38. The fourth-order valence-corrected chi connectivity index (χ4v) is 2.78. The molecule has 0 amide bonds. The van der Waals surface area contributed by atoms with E-state index < -0.39 is 0 Å². The smallest absolute Gasteiger partial charge is 0.129 e. The third-order valence-electron chi connectivity index (χ3n) is 3.11. The molecule has 2 aromatic heterocycles. The highest BCUT2D eigenvalue weighted by Crippen LogP contribution is 2.31. The van der Waals surface area contributed by atoms with Crippen LogP contribution in [0.15, 0.2) is 18.3 Å². The number of rotatable bonds is 2. The molecule has 7 heteroatoms. The van der Waals surface area contributed by atoms with Gasteiger partial charge in [-0.3, -0.25) is 9.25 Å². The van der Waals surface area contributed by atoms with Gasteiger partial charge in [-0.2, -0.15) is 5.10 Å². The predicted octanol–water partition coefficient (Wildman–Crippen LogP) is 4.11. The molecule has 104 valence electrons. The first kappa shape index (κ1) is 13.7. The topological polar surface area (TPSA) is 35.6 Å². The highest BCUT2D eigenvalue weighted by Gasteiger charge is 2.16. The van der Waals surface area contributed by atoms with Gasteiger partial charge in [-0.05, 0) is 19.1 Å². The van der Waals surface area contributed by atoms with Crippen LogP contribution in [0.5, 0.6) is 0 Å². The quantitative estimate of drug-likeness (QED) is 0.663. The number of fused-ring (bicyclic) bond motifs is 1. The molecule has 0 atom stereocenters. The summed E-state index contributed by atoms with van der Waals surface area (Å²) in [5, 5.41) is 5.32. The number of alkyl halides is 1. The largest absolute Gasteiger partial charge is 0.292 e. The normalized spacial score (nSPS) is 11.4. The number of benzene rings is 1. The Bertz CT molecular complexity index is 804. The van der Waals surface area contributed by atoms with Crippen molar-refractivity contribution in [2.75, 3.05) is 0 Å². The Hall–Kier alpha value is -1.23. The van der Waals surface area contributed by atoms with Crippen LogP contribution < -0.4 is 0 Å². The van der Waals surface area contributed by atoms with Crippen LogP contribution in [0.3, 0.4) is 0 Å². The summed E-state index contributed by atoms with van der Waals surface area (Å²) in [5.74, 6) is 1.02. The van der Waals surface area contributed by atoms with Gasteiger partial charge in [0.05, 0.1) is 38.3 Å². The van der Waals surface area contributed by atoms with E-state index in [9.17, 15) is 0 Å². The van der Waals surface area contributed by atoms with Crippen molar-refractivity contribution in [2.45, 2.75) is 12.8 Å². The second kappa shape index (κ2) is 4.95. The summed E-state index contributed by atoms with van der Waals surface area (Å²) < 4.78 is 3.72. The Morgan fingerprint density at radius 2 is 1.90 bits per heavy atom. The van der Waals surface area contributed by atoms with Crippen LogP contribution in [0, 0.1) is 6.92 Å². The molecule has 0 aliphatic carbocycles. The number of hydrogen-bond acceptors (Lipinski definition) is 2. The fourth-order valence-electron chi connectivity index (χ4n) is 2.29. The highest BCUT2D eigenvalue weighted by atomic mass is 35.5. The van der Waals surface area contributed by atoms with E-state index in [-0.39, 0.29) is 5.88 Å². The molecule has 0 aliphatic rings. The third-order valence-corrected chi connectivity index (χ3v) is 4.08. The summed E-state index contributed by atoms with van der Waals surface area (Å²) in [6.07, 6.45) is 1.93. The molecule has 0 unspecified atom stereocenters. The number of aromatic nitrogens is 4. The van der Waals surface area contributed by atoms with Crippen molar-refractivity contribution < 1.29 is 0 Å². The van der Waals surface area contributed by atoms with Gasteiger partial charge >= 0.3 is 0 Å². The van der Waals surface area contributed by atoms with E-state index in [1.807, 2.05) is 24.7 Å². The van der Waals surface area contributed by atoms with E-state index in [0.717, 1.165) is 28.2 Å². The maximum absolute atomic E-state index is 6.12. The maximum atomic E-state index is 6.12. The van der Waals surface area contributed by atoms with Crippen molar-refractivity contribution >= 4 is 45.8 Å². The minimum atomic E-state index is 0.290. The minimum Gasteiger partial charge on any atom is -0.292 e. The predicted molar refractivity (Wildman–Crippen MR) is 82.2 cm³/mol. The molecule has 0 N–H and O–H groups in total. The minimum absolute atomic E-state index is 0.290. The van der Waals surface area contributed by atoms with Crippen molar-refractivity contribution in [3.63, 3.8) is 0 Å². The van der Waals surface area contributed by atoms with Gasteiger partial charge in [-0.15, -0.1) is 11.6 Å². The lowest BCUT2D eigenvalue weighted by Gasteiger charge is -2.06. The van der Waals surface area contributed by atoms with Gasteiger partial charge in [-0.1, -0.05) is 23.2 Å². The van der Waals surface area contributed by atoms with Crippen molar-refractivity contribution in [1.82, 2.24) is 19.3 Å². The van der Waals surface area contributed by atoms with Crippen molar-refractivity contribution in [3.05, 3.63) is 39.9 Å². The van der Waals surface area contributed by atoms with Crippen LogP contribution >= 0.6 is 34.8 Å². The van der Waals surface area contributed by atoms with Gasteiger partial charge < -0.3 is 0 Å². The molecule has 2 heterocycles. The summed E-state index contributed by atoms with van der Waals surface area (Å²) >= 11 is 18.2. The molecule has 3 rings (SSSR count). The van der Waals surface area contributed by atoms with Crippen molar-refractivity contribution in [1.29, 1.82) is 0 Å². The molecular formula is C13H11Cl3N4. The lowest BCUT2D eigenvalue weighted by atomic mass is 10.3. The van der Waals surface area contributed by atoms with Gasteiger partial charge in [0.1, 0.15) is 5.82 Å². The first-order valence-electron chi connectivity index (χ1n) is 5.94. The SMILES string of the molecule is Cc1nn(C)cc1-n1c(CCl)nc2cc(Cl)c(Cl)cc21. The van der Waals surface area contributed by atoms with Crippen LogP contribution in [0.2, 0.25) is 10.0 Å². The lowest BCUT2D eigenvalue weighted by Crippen LogP contribution is -1.99. The zero-order valence-corrected chi connectivity index (χ0v) is 13.1. The summed E-state index contributed by atoms with van der Waals surface area (Å²) in [6.45, 7) is 1.94. The number of halogens is 3. The zero-order chi connectivity index (χ0) is 14.4. The Kier molecular flexibility index (Phi) is 3.40. The summed E-state index contributed by atoms with van der Waals surface area (Å²) in [6, 6.07) is 3.55. The van der Waals surface area contributed by atoms with E-state index in [2.05, 4.69) is 10.1 Å². The molecule has 0 saturated heterocycles.